The number of nitrogens with zero attached hydrogens (tertiary/aromatic N) is 1. The second-order valence-electron chi connectivity index (χ2n) is 7.24. The summed E-state index contributed by atoms with van der Waals surface area (Å²) in [6.45, 7) is 7.14. The standard InChI is InChI=1S/C21H24ClNO3S3/c1-5-27-20-9-15-12-23(11-14(15)8-18(20)22)21(24)17-10-16(29(4,25)26)6-7-19(17)28-13(2)3/h6-10,13H,5,11-12H2,1-4H3. The maximum absolute atomic E-state index is 13.4. The largest absolute Gasteiger partial charge is 0.330 e. The molecule has 1 aliphatic heterocycles. The van der Waals surface area contributed by atoms with Crippen LogP contribution in [0.15, 0.2) is 45.0 Å². The predicted octanol–water partition coefficient (Wildman–Crippen LogP) is 5.51. The van der Waals surface area contributed by atoms with Gasteiger partial charge in [0.1, 0.15) is 0 Å². The molecule has 2 aromatic rings. The molecule has 3 rings (SSSR count). The van der Waals surface area contributed by atoms with E-state index in [1.807, 2.05) is 19.9 Å². The van der Waals surface area contributed by atoms with E-state index >= 15 is 0 Å². The summed E-state index contributed by atoms with van der Waals surface area (Å²) in [5.74, 6) is 0.769. The van der Waals surface area contributed by atoms with Gasteiger partial charge in [-0.3, -0.25) is 4.79 Å². The Kier molecular flexibility index (Phi) is 6.93. The van der Waals surface area contributed by atoms with Gasteiger partial charge in [0.2, 0.25) is 0 Å². The van der Waals surface area contributed by atoms with Crippen LogP contribution in [-0.4, -0.2) is 36.5 Å². The molecule has 0 spiro atoms. The number of fused-ring (bicyclic) bond motifs is 1. The molecule has 0 bridgehead atoms. The summed E-state index contributed by atoms with van der Waals surface area (Å²) >= 11 is 9.63. The number of halogens is 1. The molecule has 4 nitrogen and oxygen atoms in total. The summed E-state index contributed by atoms with van der Waals surface area (Å²) in [6, 6.07) is 8.83. The lowest BCUT2D eigenvalue weighted by molar-refractivity contribution is 0.0747. The van der Waals surface area contributed by atoms with Crippen molar-refractivity contribution in [1.82, 2.24) is 4.90 Å². The van der Waals surface area contributed by atoms with Crippen molar-refractivity contribution >= 4 is 50.9 Å². The van der Waals surface area contributed by atoms with Gasteiger partial charge < -0.3 is 4.90 Å². The number of amides is 1. The van der Waals surface area contributed by atoms with Gasteiger partial charge in [0.15, 0.2) is 9.84 Å². The topological polar surface area (TPSA) is 54.5 Å². The highest BCUT2D eigenvalue weighted by molar-refractivity contribution is 8.00. The van der Waals surface area contributed by atoms with Crippen LogP contribution in [0.2, 0.25) is 5.02 Å². The molecule has 0 saturated carbocycles. The van der Waals surface area contributed by atoms with Crippen molar-refractivity contribution in [3.8, 4) is 0 Å². The molecule has 0 aromatic heterocycles. The second-order valence-corrected chi connectivity index (χ2v) is 12.6. The van der Waals surface area contributed by atoms with E-state index in [9.17, 15) is 13.2 Å². The minimum Gasteiger partial charge on any atom is -0.330 e. The lowest BCUT2D eigenvalue weighted by atomic mass is 10.1. The Balaban J connectivity index is 1.95. The molecule has 1 heterocycles. The van der Waals surface area contributed by atoms with Crippen LogP contribution in [-0.2, 0) is 22.9 Å². The molecule has 0 N–H and O–H groups in total. The lowest BCUT2D eigenvalue weighted by Crippen LogP contribution is -2.26. The van der Waals surface area contributed by atoms with Crippen molar-refractivity contribution in [3.63, 3.8) is 0 Å². The van der Waals surface area contributed by atoms with Crippen LogP contribution in [0, 0.1) is 0 Å². The molecule has 0 radical (unpaired) electrons. The van der Waals surface area contributed by atoms with Crippen LogP contribution in [0.1, 0.15) is 42.3 Å². The molecular formula is C21H24ClNO3S3. The first-order valence-corrected chi connectivity index (χ1v) is 13.5. The fourth-order valence-electron chi connectivity index (χ4n) is 3.24. The minimum absolute atomic E-state index is 0.157. The van der Waals surface area contributed by atoms with Crippen molar-refractivity contribution < 1.29 is 13.2 Å². The molecule has 0 atom stereocenters. The van der Waals surface area contributed by atoms with Gasteiger partial charge in [0.05, 0.1) is 15.5 Å². The molecule has 156 valence electrons. The number of hydrogen-bond donors (Lipinski definition) is 0. The first-order valence-electron chi connectivity index (χ1n) is 9.34. The fourth-order valence-corrected chi connectivity index (χ4v) is 5.90. The van der Waals surface area contributed by atoms with Crippen LogP contribution in [0.5, 0.6) is 0 Å². The predicted molar refractivity (Wildman–Crippen MR) is 122 cm³/mol. The second kappa shape index (κ2) is 8.92. The van der Waals surface area contributed by atoms with Crippen molar-refractivity contribution in [2.45, 2.75) is 53.8 Å². The third kappa shape index (κ3) is 5.13. The molecule has 29 heavy (non-hydrogen) atoms. The van der Waals surface area contributed by atoms with Crippen LogP contribution < -0.4 is 0 Å². The number of carbonyl (C=O) groups excluding carboxylic acids is 1. The summed E-state index contributed by atoms with van der Waals surface area (Å²) in [6.07, 6.45) is 1.16. The first-order chi connectivity index (χ1) is 13.6. The van der Waals surface area contributed by atoms with E-state index in [0.717, 1.165) is 32.9 Å². The molecule has 1 aliphatic rings. The Morgan fingerprint density at radius 2 is 1.79 bits per heavy atom. The number of thioether (sulfide) groups is 2. The van der Waals surface area contributed by atoms with Crippen molar-refractivity contribution in [2.24, 2.45) is 0 Å². The van der Waals surface area contributed by atoms with Gasteiger partial charge >= 0.3 is 0 Å². The van der Waals surface area contributed by atoms with Crippen LogP contribution in [0.25, 0.3) is 0 Å². The SMILES string of the molecule is CCSc1cc2c(cc1Cl)CN(C(=O)c1cc(S(C)(=O)=O)ccc1SC(C)C)C2. The maximum atomic E-state index is 13.4. The number of sulfone groups is 1. The lowest BCUT2D eigenvalue weighted by Gasteiger charge is -2.19. The molecule has 0 saturated heterocycles. The van der Waals surface area contributed by atoms with E-state index in [-0.39, 0.29) is 16.1 Å². The Bertz CT molecular complexity index is 1050. The number of benzene rings is 2. The molecular weight excluding hydrogens is 446 g/mol. The van der Waals surface area contributed by atoms with Gasteiger partial charge in [0, 0.05) is 34.4 Å². The van der Waals surface area contributed by atoms with E-state index in [2.05, 4.69) is 13.0 Å². The summed E-state index contributed by atoms with van der Waals surface area (Å²) in [5.41, 5.74) is 2.57. The zero-order chi connectivity index (χ0) is 21.3. The monoisotopic (exact) mass is 469 g/mol. The third-order valence-corrected chi connectivity index (χ3v) is 8.09. The van der Waals surface area contributed by atoms with E-state index in [4.69, 9.17) is 11.6 Å². The third-order valence-electron chi connectivity index (χ3n) is 4.54. The molecule has 0 fully saturated rings. The fraction of sp³-hybridized carbons (Fsp3) is 0.381. The van der Waals surface area contributed by atoms with Crippen molar-refractivity contribution in [2.75, 3.05) is 12.0 Å². The van der Waals surface area contributed by atoms with Gasteiger partial charge in [0.25, 0.3) is 5.91 Å². The van der Waals surface area contributed by atoms with E-state index in [1.54, 1.807) is 40.6 Å². The van der Waals surface area contributed by atoms with Crippen LogP contribution >= 0.6 is 35.1 Å². The first kappa shape index (κ1) is 22.5. The molecule has 0 aliphatic carbocycles. The van der Waals surface area contributed by atoms with Gasteiger partial charge in [-0.25, -0.2) is 8.42 Å². The van der Waals surface area contributed by atoms with Gasteiger partial charge in [-0.15, -0.1) is 23.5 Å². The van der Waals surface area contributed by atoms with E-state index < -0.39 is 9.84 Å². The van der Waals surface area contributed by atoms with Gasteiger partial charge in [-0.2, -0.15) is 0 Å². The van der Waals surface area contributed by atoms with Gasteiger partial charge in [-0.05, 0) is 47.2 Å². The molecule has 2 aromatic carbocycles. The smallest absolute Gasteiger partial charge is 0.255 e. The Hall–Kier alpha value is -1.15. The Morgan fingerprint density at radius 1 is 1.14 bits per heavy atom. The summed E-state index contributed by atoms with van der Waals surface area (Å²) in [4.78, 5) is 17.1. The minimum atomic E-state index is -3.40. The zero-order valence-corrected chi connectivity index (χ0v) is 20.1. The quantitative estimate of drug-likeness (QED) is 0.522. The van der Waals surface area contributed by atoms with Crippen LogP contribution in [0.4, 0.5) is 0 Å². The van der Waals surface area contributed by atoms with E-state index in [1.165, 1.54) is 6.07 Å². The summed E-state index contributed by atoms with van der Waals surface area (Å²) in [7, 11) is -3.40. The average Bonchev–Trinajstić information content (AvgIpc) is 3.03. The number of hydrogen-bond acceptors (Lipinski definition) is 5. The van der Waals surface area contributed by atoms with Crippen molar-refractivity contribution in [1.29, 1.82) is 0 Å². The molecule has 8 heteroatoms. The molecule has 1 amide bonds. The highest BCUT2D eigenvalue weighted by Gasteiger charge is 2.28. The van der Waals surface area contributed by atoms with Crippen molar-refractivity contribution in [3.05, 3.63) is 52.0 Å². The summed E-state index contributed by atoms with van der Waals surface area (Å²) < 4.78 is 24.1. The Labute approximate surface area is 186 Å². The highest BCUT2D eigenvalue weighted by Crippen LogP contribution is 2.36. The normalized spacial score (nSPS) is 13.8. The average molecular weight is 470 g/mol. The highest BCUT2D eigenvalue weighted by atomic mass is 35.5. The molecule has 0 unspecified atom stereocenters. The zero-order valence-electron chi connectivity index (χ0n) is 16.9. The number of carbonyl (C=O) groups is 1. The van der Waals surface area contributed by atoms with Crippen LogP contribution in [0.3, 0.4) is 0 Å². The van der Waals surface area contributed by atoms with Gasteiger partial charge in [-0.1, -0.05) is 32.4 Å². The maximum Gasteiger partial charge on any atom is 0.255 e. The summed E-state index contributed by atoms with van der Waals surface area (Å²) in [5, 5.41) is 0.980. The Morgan fingerprint density at radius 3 is 2.38 bits per heavy atom. The van der Waals surface area contributed by atoms with E-state index in [0.29, 0.717) is 23.7 Å². The number of rotatable bonds is 6.